The molecule has 17 heavy (non-hydrogen) atoms. The molecule has 1 aromatic heterocycles. The van der Waals surface area contributed by atoms with E-state index in [1.54, 1.807) is 6.07 Å². The summed E-state index contributed by atoms with van der Waals surface area (Å²) in [5, 5.41) is 2.18. The monoisotopic (exact) mass is 288 g/mol. The predicted octanol–water partition coefficient (Wildman–Crippen LogP) is 4.08. The maximum Gasteiger partial charge on any atom is 0.0907 e. The van der Waals surface area contributed by atoms with Crippen molar-refractivity contribution in [3.8, 4) is 0 Å². The van der Waals surface area contributed by atoms with Crippen LogP contribution in [0.15, 0.2) is 18.2 Å². The van der Waals surface area contributed by atoms with Crippen LogP contribution in [0.25, 0.3) is 10.9 Å². The lowest BCUT2D eigenvalue weighted by Gasteiger charge is -2.08. The van der Waals surface area contributed by atoms with Crippen molar-refractivity contribution in [1.29, 1.82) is 0 Å². The van der Waals surface area contributed by atoms with Gasteiger partial charge in [0.2, 0.25) is 0 Å². The molecule has 1 unspecified atom stereocenters. The fraction of sp³-hybridized carbons (Fsp3) is 0.250. The Hall–Kier alpha value is -0.540. The van der Waals surface area contributed by atoms with Gasteiger partial charge in [-0.3, -0.25) is 4.98 Å². The number of fused-ring (bicyclic) bond motifs is 1. The van der Waals surface area contributed by atoms with E-state index in [0.29, 0.717) is 27.0 Å². The van der Waals surface area contributed by atoms with Crippen LogP contribution >= 0.6 is 34.8 Å². The van der Waals surface area contributed by atoms with E-state index in [9.17, 15) is 0 Å². The van der Waals surface area contributed by atoms with Crippen molar-refractivity contribution < 1.29 is 0 Å². The van der Waals surface area contributed by atoms with Gasteiger partial charge in [0.15, 0.2) is 0 Å². The molecule has 1 aromatic carbocycles. The Bertz CT molecular complexity index is 567. The first-order valence-electron chi connectivity index (χ1n) is 5.17. The number of rotatable bonds is 2. The van der Waals surface area contributed by atoms with E-state index in [0.717, 1.165) is 11.1 Å². The molecular formula is C12H11Cl3N2. The predicted molar refractivity (Wildman–Crippen MR) is 74.1 cm³/mol. The molecule has 0 radical (unpaired) electrons. The molecule has 0 aliphatic heterocycles. The zero-order valence-electron chi connectivity index (χ0n) is 9.17. The maximum atomic E-state index is 6.11. The van der Waals surface area contributed by atoms with Gasteiger partial charge in [0, 0.05) is 23.5 Å². The quantitative estimate of drug-likeness (QED) is 0.846. The van der Waals surface area contributed by atoms with E-state index >= 15 is 0 Å². The van der Waals surface area contributed by atoms with Crippen LogP contribution in [0, 0.1) is 0 Å². The lowest BCUT2D eigenvalue weighted by Crippen LogP contribution is -2.18. The zero-order chi connectivity index (χ0) is 12.6. The van der Waals surface area contributed by atoms with Crippen LogP contribution in [-0.4, -0.2) is 11.0 Å². The van der Waals surface area contributed by atoms with Crippen LogP contribution in [0.4, 0.5) is 0 Å². The van der Waals surface area contributed by atoms with Gasteiger partial charge in [-0.2, -0.15) is 0 Å². The van der Waals surface area contributed by atoms with Crippen molar-refractivity contribution in [3.05, 3.63) is 39.0 Å². The molecule has 0 bridgehead atoms. The average molecular weight is 290 g/mol. The second-order valence-electron chi connectivity index (χ2n) is 4.03. The van der Waals surface area contributed by atoms with Gasteiger partial charge in [0.1, 0.15) is 0 Å². The van der Waals surface area contributed by atoms with Crippen LogP contribution in [-0.2, 0) is 6.42 Å². The van der Waals surface area contributed by atoms with Crippen LogP contribution in [0.2, 0.25) is 15.1 Å². The molecule has 0 saturated carbocycles. The van der Waals surface area contributed by atoms with Gasteiger partial charge < -0.3 is 5.73 Å². The summed E-state index contributed by atoms with van der Waals surface area (Å²) in [5.74, 6) is 0. The van der Waals surface area contributed by atoms with Crippen LogP contribution in [0.5, 0.6) is 0 Å². The first-order valence-corrected chi connectivity index (χ1v) is 6.31. The molecule has 2 rings (SSSR count). The second-order valence-corrected chi connectivity index (χ2v) is 5.23. The zero-order valence-corrected chi connectivity index (χ0v) is 11.4. The molecule has 0 aliphatic rings. The van der Waals surface area contributed by atoms with E-state index in [4.69, 9.17) is 40.5 Å². The summed E-state index contributed by atoms with van der Waals surface area (Å²) in [6, 6.07) is 5.43. The number of aromatic nitrogens is 1. The fourth-order valence-electron chi connectivity index (χ4n) is 1.67. The standard InChI is InChI=1S/C12H11Cl3N2/c1-6(16)4-7-2-3-8-11(15)9(13)5-10(14)12(8)17-7/h2-3,5-6H,4,16H2,1H3. The topological polar surface area (TPSA) is 38.9 Å². The fourth-order valence-corrected chi connectivity index (χ4v) is 2.40. The number of halogens is 3. The molecule has 2 aromatic rings. The molecule has 90 valence electrons. The number of hydrogen-bond donors (Lipinski definition) is 1. The summed E-state index contributed by atoms with van der Waals surface area (Å²) in [6.45, 7) is 1.93. The molecule has 0 saturated heterocycles. The minimum Gasteiger partial charge on any atom is -0.328 e. The molecule has 5 heteroatoms. The van der Waals surface area contributed by atoms with Crippen molar-refractivity contribution in [2.24, 2.45) is 5.73 Å². The summed E-state index contributed by atoms with van der Waals surface area (Å²) in [5.41, 5.74) is 7.30. The minimum absolute atomic E-state index is 0.0569. The summed E-state index contributed by atoms with van der Waals surface area (Å²) < 4.78 is 0. The number of benzene rings is 1. The van der Waals surface area contributed by atoms with Gasteiger partial charge in [-0.05, 0) is 25.1 Å². The van der Waals surface area contributed by atoms with Gasteiger partial charge in [-0.1, -0.05) is 34.8 Å². The maximum absolute atomic E-state index is 6.11. The lowest BCUT2D eigenvalue weighted by molar-refractivity contribution is 0.725. The SMILES string of the molecule is CC(N)Cc1ccc2c(Cl)c(Cl)cc(Cl)c2n1. The Balaban J connectivity index is 2.62. The van der Waals surface area contributed by atoms with Crippen LogP contribution < -0.4 is 5.73 Å². The van der Waals surface area contributed by atoms with Crippen LogP contribution in [0.1, 0.15) is 12.6 Å². The Morgan fingerprint density at radius 2 is 1.94 bits per heavy atom. The minimum atomic E-state index is 0.0569. The Morgan fingerprint density at radius 1 is 1.24 bits per heavy atom. The summed E-state index contributed by atoms with van der Waals surface area (Å²) >= 11 is 18.2. The van der Waals surface area contributed by atoms with Gasteiger partial charge in [0.25, 0.3) is 0 Å². The number of hydrogen-bond acceptors (Lipinski definition) is 2. The van der Waals surface area contributed by atoms with Crippen molar-refractivity contribution >= 4 is 45.7 Å². The smallest absolute Gasteiger partial charge is 0.0907 e. The first kappa shape index (κ1) is 12.9. The van der Waals surface area contributed by atoms with Crippen LogP contribution in [0.3, 0.4) is 0 Å². The Labute approximate surface area is 115 Å². The molecule has 1 atom stereocenters. The molecule has 0 fully saturated rings. The number of nitrogens with zero attached hydrogens (tertiary/aromatic N) is 1. The highest BCUT2D eigenvalue weighted by Crippen LogP contribution is 2.34. The van der Waals surface area contributed by atoms with Gasteiger partial charge in [-0.25, -0.2) is 0 Å². The highest BCUT2D eigenvalue weighted by atomic mass is 35.5. The summed E-state index contributed by atoms with van der Waals surface area (Å²) in [6.07, 6.45) is 0.701. The van der Waals surface area contributed by atoms with Gasteiger partial charge in [0.05, 0.1) is 20.6 Å². The Morgan fingerprint density at radius 3 is 2.59 bits per heavy atom. The van der Waals surface area contributed by atoms with Crippen molar-refractivity contribution in [2.75, 3.05) is 0 Å². The molecule has 0 amide bonds. The van der Waals surface area contributed by atoms with Gasteiger partial charge >= 0.3 is 0 Å². The molecule has 0 spiro atoms. The van der Waals surface area contributed by atoms with Crippen molar-refractivity contribution in [1.82, 2.24) is 4.98 Å². The third-order valence-electron chi connectivity index (χ3n) is 2.41. The van der Waals surface area contributed by atoms with E-state index in [1.165, 1.54) is 0 Å². The molecule has 0 aliphatic carbocycles. The summed E-state index contributed by atoms with van der Waals surface area (Å²) in [7, 11) is 0. The summed E-state index contributed by atoms with van der Waals surface area (Å²) in [4.78, 5) is 4.46. The number of nitrogens with two attached hydrogens (primary N) is 1. The van der Waals surface area contributed by atoms with E-state index in [1.807, 2.05) is 19.1 Å². The molecule has 1 heterocycles. The van der Waals surface area contributed by atoms with E-state index in [2.05, 4.69) is 4.98 Å². The average Bonchev–Trinajstić information content (AvgIpc) is 2.25. The Kier molecular flexibility index (Phi) is 3.79. The van der Waals surface area contributed by atoms with Crippen molar-refractivity contribution in [2.45, 2.75) is 19.4 Å². The van der Waals surface area contributed by atoms with E-state index < -0.39 is 0 Å². The first-order chi connectivity index (χ1) is 7.99. The molecule has 2 N–H and O–H groups in total. The lowest BCUT2D eigenvalue weighted by atomic mass is 10.1. The highest BCUT2D eigenvalue weighted by molar-refractivity contribution is 6.47. The molecular weight excluding hydrogens is 279 g/mol. The third kappa shape index (κ3) is 2.66. The largest absolute Gasteiger partial charge is 0.328 e. The van der Waals surface area contributed by atoms with E-state index in [-0.39, 0.29) is 6.04 Å². The third-order valence-corrected chi connectivity index (χ3v) is 3.50. The van der Waals surface area contributed by atoms with Gasteiger partial charge in [-0.15, -0.1) is 0 Å². The molecule has 2 nitrogen and oxygen atoms in total. The highest BCUT2D eigenvalue weighted by Gasteiger charge is 2.10. The van der Waals surface area contributed by atoms with Crippen molar-refractivity contribution in [3.63, 3.8) is 0 Å². The normalized spacial score (nSPS) is 13.0. The second kappa shape index (κ2) is 4.99. The number of pyridine rings is 1.